The van der Waals surface area contributed by atoms with Gasteiger partial charge in [-0.2, -0.15) is 0 Å². The average Bonchev–Trinajstić information content (AvgIpc) is 2.28. The SMILES string of the molecule is CCCS(=O)(=O)CCNCCc1cccc(C)c1. The summed E-state index contributed by atoms with van der Waals surface area (Å²) in [6.45, 7) is 5.34. The van der Waals surface area contributed by atoms with E-state index in [1.807, 2.05) is 6.92 Å². The van der Waals surface area contributed by atoms with E-state index in [1.54, 1.807) is 0 Å². The second kappa shape index (κ2) is 7.54. The zero-order chi connectivity index (χ0) is 13.4. The monoisotopic (exact) mass is 269 g/mol. The molecule has 102 valence electrons. The van der Waals surface area contributed by atoms with Crippen molar-refractivity contribution in [2.75, 3.05) is 24.6 Å². The Morgan fingerprint density at radius 2 is 1.94 bits per heavy atom. The van der Waals surface area contributed by atoms with Crippen molar-refractivity contribution in [3.05, 3.63) is 35.4 Å². The molecule has 4 heteroatoms. The lowest BCUT2D eigenvalue weighted by molar-refractivity contribution is 0.589. The minimum atomic E-state index is -2.85. The standard InChI is InChI=1S/C14H23NO2S/c1-3-10-18(16,17)11-9-15-8-7-14-6-4-5-13(2)12-14/h4-6,12,15H,3,7-11H2,1-2H3. The van der Waals surface area contributed by atoms with Crippen LogP contribution in [-0.2, 0) is 16.3 Å². The van der Waals surface area contributed by atoms with Crippen LogP contribution in [0.1, 0.15) is 24.5 Å². The molecule has 0 atom stereocenters. The van der Waals surface area contributed by atoms with Crippen molar-refractivity contribution in [1.82, 2.24) is 5.32 Å². The molecular formula is C14H23NO2S. The second-order valence-corrected chi connectivity index (χ2v) is 6.94. The summed E-state index contributed by atoms with van der Waals surface area (Å²) in [5, 5.41) is 3.19. The Bertz CT molecular complexity index is 455. The van der Waals surface area contributed by atoms with E-state index in [-0.39, 0.29) is 5.75 Å². The summed E-state index contributed by atoms with van der Waals surface area (Å²) in [4.78, 5) is 0. The molecule has 0 heterocycles. The molecule has 0 aliphatic heterocycles. The molecule has 1 aromatic carbocycles. The van der Waals surface area contributed by atoms with Gasteiger partial charge in [0.15, 0.2) is 9.84 Å². The van der Waals surface area contributed by atoms with Crippen molar-refractivity contribution < 1.29 is 8.42 Å². The van der Waals surface area contributed by atoms with Gasteiger partial charge >= 0.3 is 0 Å². The van der Waals surface area contributed by atoms with Gasteiger partial charge in [-0.05, 0) is 31.9 Å². The summed E-state index contributed by atoms with van der Waals surface area (Å²) in [7, 11) is -2.85. The first-order chi connectivity index (χ1) is 8.53. The number of hydrogen-bond acceptors (Lipinski definition) is 3. The van der Waals surface area contributed by atoms with E-state index in [9.17, 15) is 8.42 Å². The number of nitrogens with one attached hydrogen (secondary N) is 1. The van der Waals surface area contributed by atoms with Gasteiger partial charge < -0.3 is 5.32 Å². The van der Waals surface area contributed by atoms with Gasteiger partial charge in [0, 0.05) is 12.3 Å². The van der Waals surface area contributed by atoms with Gasteiger partial charge in [0.25, 0.3) is 0 Å². The van der Waals surface area contributed by atoms with Crippen LogP contribution in [0.25, 0.3) is 0 Å². The minimum absolute atomic E-state index is 0.245. The normalized spacial score (nSPS) is 11.7. The number of benzene rings is 1. The average molecular weight is 269 g/mol. The van der Waals surface area contributed by atoms with Gasteiger partial charge in [0.2, 0.25) is 0 Å². The van der Waals surface area contributed by atoms with Gasteiger partial charge in [-0.15, -0.1) is 0 Å². The van der Waals surface area contributed by atoms with Crippen LogP contribution >= 0.6 is 0 Å². The third-order valence-corrected chi connectivity index (χ3v) is 4.63. The zero-order valence-corrected chi connectivity index (χ0v) is 12.1. The minimum Gasteiger partial charge on any atom is -0.315 e. The highest BCUT2D eigenvalue weighted by Gasteiger charge is 2.07. The van der Waals surface area contributed by atoms with Gasteiger partial charge in [-0.3, -0.25) is 0 Å². The van der Waals surface area contributed by atoms with E-state index in [0.717, 1.165) is 13.0 Å². The summed E-state index contributed by atoms with van der Waals surface area (Å²) in [6, 6.07) is 8.39. The molecule has 0 aliphatic carbocycles. The van der Waals surface area contributed by atoms with E-state index in [4.69, 9.17) is 0 Å². The van der Waals surface area contributed by atoms with Crippen LogP contribution in [0.5, 0.6) is 0 Å². The molecule has 3 nitrogen and oxygen atoms in total. The first-order valence-electron chi connectivity index (χ1n) is 6.50. The molecule has 1 rings (SSSR count). The summed E-state index contributed by atoms with van der Waals surface area (Å²) < 4.78 is 22.9. The zero-order valence-electron chi connectivity index (χ0n) is 11.3. The summed E-state index contributed by atoms with van der Waals surface area (Å²) >= 11 is 0. The molecule has 0 fully saturated rings. The highest BCUT2D eigenvalue weighted by Crippen LogP contribution is 2.03. The van der Waals surface area contributed by atoms with E-state index < -0.39 is 9.84 Å². The predicted molar refractivity (Wildman–Crippen MR) is 76.7 cm³/mol. The molecule has 0 radical (unpaired) electrons. The van der Waals surface area contributed by atoms with Gasteiger partial charge in [0.1, 0.15) is 0 Å². The Balaban J connectivity index is 2.20. The molecule has 0 aromatic heterocycles. The molecule has 0 bridgehead atoms. The number of hydrogen-bond donors (Lipinski definition) is 1. The van der Waals surface area contributed by atoms with Crippen LogP contribution in [0, 0.1) is 6.92 Å². The van der Waals surface area contributed by atoms with Gasteiger partial charge in [-0.25, -0.2) is 8.42 Å². The van der Waals surface area contributed by atoms with Crippen LogP contribution in [0.15, 0.2) is 24.3 Å². The summed E-state index contributed by atoms with van der Waals surface area (Å²) in [5.41, 5.74) is 2.55. The number of rotatable bonds is 8. The third-order valence-electron chi connectivity index (χ3n) is 2.78. The van der Waals surface area contributed by atoms with Gasteiger partial charge in [0.05, 0.1) is 5.75 Å². The molecule has 0 unspecified atom stereocenters. The Kier molecular flexibility index (Phi) is 6.36. The molecular weight excluding hydrogens is 246 g/mol. The van der Waals surface area contributed by atoms with E-state index in [0.29, 0.717) is 18.7 Å². The Hall–Kier alpha value is -0.870. The first kappa shape index (κ1) is 15.2. The van der Waals surface area contributed by atoms with Crippen LogP contribution in [0.4, 0.5) is 0 Å². The fraction of sp³-hybridized carbons (Fsp3) is 0.571. The van der Waals surface area contributed by atoms with Crippen molar-refractivity contribution in [2.45, 2.75) is 26.7 Å². The summed E-state index contributed by atoms with van der Waals surface area (Å²) in [6.07, 6.45) is 1.64. The topological polar surface area (TPSA) is 46.2 Å². The van der Waals surface area contributed by atoms with E-state index in [1.165, 1.54) is 11.1 Å². The smallest absolute Gasteiger partial charge is 0.151 e. The molecule has 1 N–H and O–H groups in total. The fourth-order valence-electron chi connectivity index (χ4n) is 1.87. The second-order valence-electron chi connectivity index (χ2n) is 4.64. The van der Waals surface area contributed by atoms with Crippen LogP contribution < -0.4 is 5.32 Å². The highest BCUT2D eigenvalue weighted by atomic mass is 32.2. The Labute approximate surface area is 111 Å². The van der Waals surface area contributed by atoms with Crippen molar-refractivity contribution >= 4 is 9.84 Å². The lowest BCUT2D eigenvalue weighted by Gasteiger charge is -2.06. The van der Waals surface area contributed by atoms with Crippen molar-refractivity contribution in [1.29, 1.82) is 0 Å². The molecule has 0 saturated carbocycles. The van der Waals surface area contributed by atoms with Crippen molar-refractivity contribution in [3.63, 3.8) is 0 Å². The Morgan fingerprint density at radius 3 is 2.61 bits per heavy atom. The molecule has 0 amide bonds. The maximum Gasteiger partial charge on any atom is 0.151 e. The molecule has 18 heavy (non-hydrogen) atoms. The lowest BCUT2D eigenvalue weighted by atomic mass is 10.1. The van der Waals surface area contributed by atoms with Crippen LogP contribution in [0.2, 0.25) is 0 Å². The fourth-order valence-corrected chi connectivity index (χ4v) is 3.15. The highest BCUT2D eigenvalue weighted by molar-refractivity contribution is 7.91. The molecule has 0 spiro atoms. The number of sulfone groups is 1. The Morgan fingerprint density at radius 1 is 1.17 bits per heavy atom. The lowest BCUT2D eigenvalue weighted by Crippen LogP contribution is -2.26. The summed E-state index contributed by atoms with van der Waals surface area (Å²) in [5.74, 6) is 0.543. The van der Waals surface area contributed by atoms with Crippen LogP contribution in [-0.4, -0.2) is 33.0 Å². The van der Waals surface area contributed by atoms with Crippen LogP contribution in [0.3, 0.4) is 0 Å². The molecule has 0 saturated heterocycles. The van der Waals surface area contributed by atoms with E-state index >= 15 is 0 Å². The molecule has 1 aromatic rings. The maximum absolute atomic E-state index is 11.5. The largest absolute Gasteiger partial charge is 0.315 e. The van der Waals surface area contributed by atoms with E-state index in [2.05, 4.69) is 36.5 Å². The quantitative estimate of drug-likeness (QED) is 0.734. The molecule has 0 aliphatic rings. The van der Waals surface area contributed by atoms with Crippen molar-refractivity contribution in [3.8, 4) is 0 Å². The van der Waals surface area contributed by atoms with Crippen molar-refractivity contribution in [2.24, 2.45) is 0 Å². The predicted octanol–water partition coefficient (Wildman–Crippen LogP) is 1.95. The first-order valence-corrected chi connectivity index (χ1v) is 8.32. The third kappa shape index (κ3) is 6.17. The van der Waals surface area contributed by atoms with Gasteiger partial charge in [-0.1, -0.05) is 36.8 Å². The number of aryl methyl sites for hydroxylation is 1. The maximum atomic E-state index is 11.5.